The second-order valence-electron chi connectivity index (χ2n) is 4.97. The zero-order chi connectivity index (χ0) is 15.4. The predicted octanol–water partition coefficient (Wildman–Crippen LogP) is 3.81. The molecule has 2 aromatic rings. The number of hydrogen-bond acceptors (Lipinski definition) is 5. The van der Waals surface area contributed by atoms with E-state index in [1.807, 2.05) is 24.3 Å². The van der Waals surface area contributed by atoms with Crippen LogP contribution in [-0.2, 0) is 0 Å². The number of thiazole rings is 1. The van der Waals surface area contributed by atoms with E-state index in [0.717, 1.165) is 11.0 Å². The van der Waals surface area contributed by atoms with Gasteiger partial charge in [-0.2, -0.15) is 0 Å². The van der Waals surface area contributed by atoms with Gasteiger partial charge in [-0.15, -0.1) is 0 Å². The van der Waals surface area contributed by atoms with Crippen LogP contribution in [0.15, 0.2) is 28.7 Å². The van der Waals surface area contributed by atoms with Crippen LogP contribution >= 0.6 is 27.3 Å². The molecule has 1 aromatic heterocycles. The first-order chi connectivity index (χ1) is 9.95. The number of hydrogen-bond donors (Lipinski definition) is 3. The molecule has 0 saturated heterocycles. The molecule has 1 aromatic carbocycles. The second-order valence-corrected chi connectivity index (χ2v) is 6.89. The van der Waals surface area contributed by atoms with Crippen molar-refractivity contribution in [2.45, 2.75) is 13.8 Å². The predicted molar refractivity (Wildman–Crippen MR) is 91.9 cm³/mol. The van der Waals surface area contributed by atoms with E-state index < -0.39 is 0 Å². The van der Waals surface area contributed by atoms with Crippen LogP contribution in [0.5, 0.6) is 0 Å². The largest absolute Gasteiger partial charge is 0.382 e. The van der Waals surface area contributed by atoms with Crippen molar-refractivity contribution in [3.05, 3.63) is 33.6 Å². The van der Waals surface area contributed by atoms with E-state index in [1.165, 1.54) is 11.3 Å². The Morgan fingerprint density at radius 2 is 2.24 bits per heavy atom. The van der Waals surface area contributed by atoms with Crippen LogP contribution in [0.2, 0.25) is 0 Å². The normalized spacial score (nSPS) is 10.7. The molecule has 0 fully saturated rings. The maximum atomic E-state index is 12.2. The summed E-state index contributed by atoms with van der Waals surface area (Å²) in [7, 11) is 0. The van der Waals surface area contributed by atoms with E-state index in [1.54, 1.807) is 0 Å². The van der Waals surface area contributed by atoms with Gasteiger partial charge >= 0.3 is 0 Å². The molecule has 21 heavy (non-hydrogen) atoms. The minimum atomic E-state index is -0.249. The van der Waals surface area contributed by atoms with Crippen LogP contribution < -0.4 is 16.4 Å². The molecule has 0 aliphatic rings. The van der Waals surface area contributed by atoms with E-state index in [0.29, 0.717) is 21.6 Å². The molecule has 5 nitrogen and oxygen atoms in total. The molecule has 0 aliphatic carbocycles. The van der Waals surface area contributed by atoms with Gasteiger partial charge in [0.15, 0.2) is 5.13 Å². The molecule has 1 heterocycles. The molecule has 4 N–H and O–H groups in total. The van der Waals surface area contributed by atoms with Crippen LogP contribution in [0, 0.1) is 5.92 Å². The van der Waals surface area contributed by atoms with Crippen LogP contribution in [0.1, 0.15) is 23.5 Å². The van der Waals surface area contributed by atoms with E-state index >= 15 is 0 Å². The van der Waals surface area contributed by atoms with Crippen LogP contribution in [0.3, 0.4) is 0 Å². The molecule has 0 spiro atoms. The first kappa shape index (κ1) is 15.8. The summed E-state index contributed by atoms with van der Waals surface area (Å²) in [6.07, 6.45) is 0. The highest BCUT2D eigenvalue weighted by Crippen LogP contribution is 2.26. The topological polar surface area (TPSA) is 80.0 Å². The van der Waals surface area contributed by atoms with Crippen molar-refractivity contribution < 1.29 is 4.79 Å². The Morgan fingerprint density at radius 1 is 1.48 bits per heavy atom. The smallest absolute Gasteiger partial charge is 0.269 e. The Kier molecular flexibility index (Phi) is 5.19. The number of carbonyl (C=O) groups excluding carboxylic acids is 1. The van der Waals surface area contributed by atoms with Crippen molar-refractivity contribution >= 4 is 49.8 Å². The molecule has 0 bridgehead atoms. The Bertz CT molecular complexity index is 642. The Morgan fingerprint density at radius 3 is 2.90 bits per heavy atom. The summed E-state index contributed by atoms with van der Waals surface area (Å²) in [6.45, 7) is 5.00. The van der Waals surface area contributed by atoms with Crippen molar-refractivity contribution in [1.29, 1.82) is 0 Å². The molecular weight excluding hydrogens is 352 g/mol. The third kappa shape index (κ3) is 4.44. The van der Waals surface area contributed by atoms with Crippen molar-refractivity contribution in [2.75, 3.05) is 22.9 Å². The van der Waals surface area contributed by atoms with Crippen molar-refractivity contribution in [3.63, 3.8) is 0 Å². The van der Waals surface area contributed by atoms with Gasteiger partial charge in [-0.3, -0.25) is 4.79 Å². The molecule has 0 aliphatic heterocycles. The SMILES string of the molecule is CC(C)CNc1nc(N)c(C(=O)Nc2cccc(Br)c2)s1. The quantitative estimate of drug-likeness (QED) is 0.749. The number of nitrogens with two attached hydrogens (primary N) is 1. The zero-order valence-electron chi connectivity index (χ0n) is 11.8. The van der Waals surface area contributed by atoms with Crippen LogP contribution in [0.4, 0.5) is 16.6 Å². The second kappa shape index (κ2) is 6.91. The van der Waals surface area contributed by atoms with Gasteiger partial charge in [0.05, 0.1) is 0 Å². The van der Waals surface area contributed by atoms with Gasteiger partial charge in [-0.05, 0) is 24.1 Å². The fourth-order valence-electron chi connectivity index (χ4n) is 1.62. The summed E-state index contributed by atoms with van der Waals surface area (Å²) in [5.74, 6) is 0.494. The monoisotopic (exact) mass is 368 g/mol. The lowest BCUT2D eigenvalue weighted by Crippen LogP contribution is -2.12. The summed E-state index contributed by atoms with van der Waals surface area (Å²) in [5, 5.41) is 6.65. The van der Waals surface area contributed by atoms with Crippen molar-refractivity contribution in [3.8, 4) is 0 Å². The highest BCUT2D eigenvalue weighted by atomic mass is 79.9. The molecule has 0 saturated carbocycles. The highest BCUT2D eigenvalue weighted by molar-refractivity contribution is 9.10. The lowest BCUT2D eigenvalue weighted by molar-refractivity contribution is 0.103. The van der Waals surface area contributed by atoms with Gasteiger partial charge in [0, 0.05) is 16.7 Å². The van der Waals surface area contributed by atoms with Gasteiger partial charge in [-0.1, -0.05) is 47.2 Å². The van der Waals surface area contributed by atoms with Gasteiger partial charge in [0.25, 0.3) is 5.91 Å². The molecule has 1 amide bonds. The summed E-state index contributed by atoms with van der Waals surface area (Å²) >= 11 is 4.63. The zero-order valence-corrected chi connectivity index (χ0v) is 14.2. The minimum absolute atomic E-state index is 0.249. The lowest BCUT2D eigenvalue weighted by Gasteiger charge is -2.04. The summed E-state index contributed by atoms with van der Waals surface area (Å²) in [5.41, 5.74) is 6.53. The highest BCUT2D eigenvalue weighted by Gasteiger charge is 2.16. The Labute approximate surface area is 136 Å². The summed E-state index contributed by atoms with van der Waals surface area (Å²) < 4.78 is 0.900. The Balaban J connectivity index is 2.08. The average Bonchev–Trinajstić information content (AvgIpc) is 2.78. The number of rotatable bonds is 5. The number of nitrogens with zero attached hydrogens (tertiary/aromatic N) is 1. The number of carbonyl (C=O) groups is 1. The molecule has 0 radical (unpaired) electrons. The number of aromatic nitrogens is 1. The number of benzene rings is 1. The molecule has 2 rings (SSSR count). The standard InChI is InChI=1S/C14H17BrN4OS/c1-8(2)7-17-14-19-12(16)11(21-14)13(20)18-10-5-3-4-9(15)6-10/h3-6,8H,7,16H2,1-2H3,(H,17,19)(H,18,20). The van der Waals surface area contributed by atoms with Crippen molar-refractivity contribution in [1.82, 2.24) is 4.98 Å². The maximum Gasteiger partial charge on any atom is 0.269 e. The van der Waals surface area contributed by atoms with Gasteiger partial charge in [0.2, 0.25) is 0 Å². The fraction of sp³-hybridized carbons (Fsp3) is 0.286. The summed E-state index contributed by atoms with van der Waals surface area (Å²) in [6, 6.07) is 7.39. The number of anilines is 3. The van der Waals surface area contributed by atoms with E-state index in [4.69, 9.17) is 5.73 Å². The molecule has 0 atom stereocenters. The van der Waals surface area contributed by atoms with Gasteiger partial charge in [-0.25, -0.2) is 4.98 Å². The molecular formula is C14H17BrN4OS. The van der Waals surface area contributed by atoms with E-state index in [2.05, 4.69) is 45.4 Å². The number of amides is 1. The van der Waals surface area contributed by atoms with Crippen LogP contribution in [0.25, 0.3) is 0 Å². The summed E-state index contributed by atoms with van der Waals surface area (Å²) in [4.78, 5) is 16.8. The number of halogens is 1. The minimum Gasteiger partial charge on any atom is -0.382 e. The third-order valence-corrected chi connectivity index (χ3v) is 4.12. The Hall–Kier alpha value is -1.60. The lowest BCUT2D eigenvalue weighted by atomic mass is 10.2. The first-order valence-corrected chi connectivity index (χ1v) is 8.13. The number of nitrogens with one attached hydrogen (secondary N) is 2. The maximum absolute atomic E-state index is 12.2. The molecule has 7 heteroatoms. The van der Waals surface area contributed by atoms with Crippen molar-refractivity contribution in [2.24, 2.45) is 5.92 Å². The van der Waals surface area contributed by atoms with Crippen LogP contribution in [-0.4, -0.2) is 17.4 Å². The fourth-order valence-corrected chi connectivity index (χ4v) is 2.80. The van der Waals surface area contributed by atoms with E-state index in [-0.39, 0.29) is 11.7 Å². The first-order valence-electron chi connectivity index (χ1n) is 6.53. The third-order valence-electron chi connectivity index (χ3n) is 2.60. The molecule has 112 valence electrons. The van der Waals surface area contributed by atoms with E-state index in [9.17, 15) is 4.79 Å². The average molecular weight is 369 g/mol. The molecule has 0 unspecified atom stereocenters. The number of nitrogen functional groups attached to an aromatic ring is 1. The van der Waals surface area contributed by atoms with Gasteiger partial charge in [0.1, 0.15) is 10.7 Å². The van der Waals surface area contributed by atoms with Gasteiger partial charge < -0.3 is 16.4 Å².